The molecule has 0 aliphatic heterocycles. The molecule has 1 aromatic carbocycles. The normalized spacial score (nSPS) is 12.2. The van der Waals surface area contributed by atoms with E-state index in [0.29, 0.717) is 23.1 Å². The van der Waals surface area contributed by atoms with Gasteiger partial charge in [-0.05, 0) is 37.1 Å². The van der Waals surface area contributed by atoms with Crippen LogP contribution in [-0.4, -0.2) is 12.6 Å². The minimum Gasteiger partial charge on any atom is -0.466 e. The lowest BCUT2D eigenvalue weighted by Gasteiger charge is -2.11. The van der Waals surface area contributed by atoms with Crippen LogP contribution >= 0.6 is 34.8 Å². The van der Waals surface area contributed by atoms with Gasteiger partial charge in [0.1, 0.15) is 0 Å². The zero-order valence-corrected chi connectivity index (χ0v) is 11.6. The molecule has 1 aromatic rings. The van der Waals surface area contributed by atoms with E-state index >= 15 is 0 Å². The fourth-order valence-corrected chi connectivity index (χ4v) is 2.16. The molecule has 1 rings (SSSR count). The highest BCUT2D eigenvalue weighted by Gasteiger charge is 2.14. The van der Waals surface area contributed by atoms with Crippen molar-refractivity contribution in [3.8, 4) is 0 Å². The molecule has 0 N–H and O–H groups in total. The minimum absolute atomic E-state index is 0.253. The summed E-state index contributed by atoms with van der Waals surface area (Å²) < 4.78 is 4.83. The second-order valence-electron chi connectivity index (χ2n) is 3.48. The van der Waals surface area contributed by atoms with E-state index in [1.807, 2.05) is 0 Å². The smallest absolute Gasteiger partial charge is 0.305 e. The van der Waals surface area contributed by atoms with Gasteiger partial charge >= 0.3 is 5.97 Å². The standard InChI is InChI=1S/C12H13Cl3O2/c1-2-17-12(16)6-5-11(15)9-7-8(13)3-4-10(9)14/h3-4,7,11H,2,5-6H2,1H3. The van der Waals surface area contributed by atoms with E-state index < -0.39 is 0 Å². The van der Waals surface area contributed by atoms with Gasteiger partial charge in [0.2, 0.25) is 0 Å². The third-order valence-corrected chi connectivity index (χ3v) is 3.24. The molecular formula is C12H13Cl3O2. The Morgan fingerprint density at radius 2 is 2.12 bits per heavy atom. The van der Waals surface area contributed by atoms with Gasteiger partial charge in [-0.1, -0.05) is 23.2 Å². The average Bonchev–Trinajstić information content (AvgIpc) is 2.29. The monoisotopic (exact) mass is 294 g/mol. The lowest BCUT2D eigenvalue weighted by Crippen LogP contribution is -2.05. The molecule has 0 amide bonds. The van der Waals surface area contributed by atoms with Crippen LogP contribution in [0.25, 0.3) is 0 Å². The van der Waals surface area contributed by atoms with Gasteiger partial charge in [-0.25, -0.2) is 0 Å². The van der Waals surface area contributed by atoms with Crippen LogP contribution in [-0.2, 0) is 9.53 Å². The van der Waals surface area contributed by atoms with Crippen LogP contribution in [0.15, 0.2) is 18.2 Å². The van der Waals surface area contributed by atoms with E-state index in [2.05, 4.69) is 0 Å². The number of carbonyl (C=O) groups is 1. The number of halogens is 3. The summed E-state index contributed by atoms with van der Waals surface area (Å²) in [6, 6.07) is 5.11. The molecule has 0 aliphatic rings. The molecule has 0 aliphatic carbocycles. The summed E-state index contributed by atoms with van der Waals surface area (Å²) in [6.07, 6.45) is 0.741. The van der Waals surface area contributed by atoms with Gasteiger partial charge in [-0.2, -0.15) is 0 Å². The molecule has 0 heterocycles. The van der Waals surface area contributed by atoms with E-state index in [0.717, 1.165) is 5.56 Å². The Kier molecular flexibility index (Phi) is 6.10. The van der Waals surface area contributed by atoms with Crippen molar-refractivity contribution in [1.29, 1.82) is 0 Å². The summed E-state index contributed by atoms with van der Waals surface area (Å²) in [7, 11) is 0. The van der Waals surface area contributed by atoms with E-state index in [9.17, 15) is 4.79 Å². The Balaban J connectivity index is 2.60. The molecule has 94 valence electrons. The quantitative estimate of drug-likeness (QED) is 0.585. The summed E-state index contributed by atoms with van der Waals surface area (Å²) in [5.41, 5.74) is 0.741. The first-order valence-corrected chi connectivity index (χ1v) is 6.48. The third kappa shape index (κ3) is 4.74. The highest BCUT2D eigenvalue weighted by Crippen LogP contribution is 2.33. The molecule has 17 heavy (non-hydrogen) atoms. The molecule has 1 unspecified atom stereocenters. The summed E-state index contributed by atoms with van der Waals surface area (Å²) in [5, 5.41) is 0.787. The van der Waals surface area contributed by atoms with Crippen molar-refractivity contribution in [3.05, 3.63) is 33.8 Å². The highest BCUT2D eigenvalue weighted by atomic mass is 35.5. The number of carbonyl (C=O) groups excluding carboxylic acids is 1. The van der Waals surface area contributed by atoms with Gasteiger partial charge in [0.05, 0.1) is 12.0 Å². The van der Waals surface area contributed by atoms with Crippen LogP contribution in [0.4, 0.5) is 0 Å². The molecule has 0 aromatic heterocycles. The van der Waals surface area contributed by atoms with Crippen LogP contribution < -0.4 is 0 Å². The number of esters is 1. The molecule has 1 atom stereocenters. The van der Waals surface area contributed by atoms with Crippen molar-refractivity contribution in [1.82, 2.24) is 0 Å². The summed E-state index contributed by atoms with van der Waals surface area (Å²) >= 11 is 18.0. The predicted molar refractivity (Wildman–Crippen MR) is 70.9 cm³/mol. The Hall–Kier alpha value is -0.440. The van der Waals surface area contributed by atoms with Gasteiger partial charge in [-0.15, -0.1) is 11.6 Å². The number of alkyl halides is 1. The molecule has 0 saturated carbocycles. The fraction of sp³-hybridized carbons (Fsp3) is 0.417. The van der Waals surface area contributed by atoms with E-state index in [1.165, 1.54) is 0 Å². The van der Waals surface area contributed by atoms with Crippen LogP contribution in [0, 0.1) is 0 Å². The van der Waals surface area contributed by atoms with Gasteiger partial charge in [0, 0.05) is 16.5 Å². The molecule has 0 spiro atoms. The Bertz CT molecular complexity index is 393. The van der Waals surface area contributed by atoms with Crippen molar-refractivity contribution < 1.29 is 9.53 Å². The summed E-state index contributed by atoms with van der Waals surface area (Å²) in [4.78, 5) is 11.2. The van der Waals surface area contributed by atoms with Gasteiger partial charge in [0.15, 0.2) is 0 Å². The Labute approximate surface area is 116 Å². The lowest BCUT2D eigenvalue weighted by atomic mass is 10.1. The maximum Gasteiger partial charge on any atom is 0.305 e. The highest BCUT2D eigenvalue weighted by molar-refractivity contribution is 6.34. The first-order valence-electron chi connectivity index (χ1n) is 5.29. The van der Waals surface area contributed by atoms with Gasteiger partial charge in [-0.3, -0.25) is 4.79 Å². The topological polar surface area (TPSA) is 26.3 Å². The van der Waals surface area contributed by atoms with E-state index in [4.69, 9.17) is 39.5 Å². The van der Waals surface area contributed by atoms with E-state index in [-0.39, 0.29) is 17.8 Å². The minimum atomic E-state index is -0.342. The van der Waals surface area contributed by atoms with Gasteiger partial charge < -0.3 is 4.74 Å². The van der Waals surface area contributed by atoms with Gasteiger partial charge in [0.25, 0.3) is 0 Å². The van der Waals surface area contributed by atoms with E-state index in [1.54, 1.807) is 25.1 Å². The number of benzene rings is 1. The molecule has 0 fully saturated rings. The largest absolute Gasteiger partial charge is 0.466 e. The summed E-state index contributed by atoms with van der Waals surface area (Å²) in [5.74, 6) is -0.253. The van der Waals surface area contributed by atoms with Crippen LogP contribution in [0.5, 0.6) is 0 Å². The summed E-state index contributed by atoms with van der Waals surface area (Å²) in [6.45, 7) is 2.15. The lowest BCUT2D eigenvalue weighted by molar-refractivity contribution is -0.143. The number of ether oxygens (including phenoxy) is 1. The van der Waals surface area contributed by atoms with Crippen LogP contribution in [0.2, 0.25) is 10.0 Å². The SMILES string of the molecule is CCOC(=O)CCC(Cl)c1cc(Cl)ccc1Cl. The Morgan fingerprint density at radius 1 is 1.41 bits per heavy atom. The molecular weight excluding hydrogens is 282 g/mol. The van der Waals surface area contributed by atoms with Crippen LogP contribution in [0.3, 0.4) is 0 Å². The molecule has 0 saturated heterocycles. The fourth-order valence-electron chi connectivity index (χ4n) is 1.39. The first-order chi connectivity index (χ1) is 8.04. The number of rotatable bonds is 5. The third-order valence-electron chi connectivity index (χ3n) is 2.20. The zero-order valence-electron chi connectivity index (χ0n) is 9.38. The second kappa shape index (κ2) is 7.10. The molecule has 5 heteroatoms. The van der Waals surface area contributed by atoms with Crippen molar-refractivity contribution in [2.45, 2.75) is 25.1 Å². The zero-order chi connectivity index (χ0) is 12.8. The number of hydrogen-bond acceptors (Lipinski definition) is 2. The second-order valence-corrected chi connectivity index (χ2v) is 4.85. The van der Waals surface area contributed by atoms with Crippen molar-refractivity contribution >= 4 is 40.8 Å². The predicted octanol–water partition coefficient (Wildman–Crippen LogP) is 4.62. The van der Waals surface area contributed by atoms with Crippen LogP contribution in [0.1, 0.15) is 30.7 Å². The maximum atomic E-state index is 11.2. The molecule has 0 bridgehead atoms. The maximum absolute atomic E-state index is 11.2. The van der Waals surface area contributed by atoms with Crippen molar-refractivity contribution in [2.75, 3.05) is 6.61 Å². The van der Waals surface area contributed by atoms with Crippen molar-refractivity contribution in [3.63, 3.8) is 0 Å². The number of hydrogen-bond donors (Lipinski definition) is 0. The molecule has 0 radical (unpaired) electrons. The van der Waals surface area contributed by atoms with Crippen molar-refractivity contribution in [2.24, 2.45) is 0 Å². The molecule has 2 nitrogen and oxygen atoms in total. The Morgan fingerprint density at radius 3 is 2.76 bits per heavy atom. The first kappa shape index (κ1) is 14.6. The average molecular weight is 296 g/mol.